The summed E-state index contributed by atoms with van der Waals surface area (Å²) in [6.45, 7) is 3.10. The molecule has 0 saturated carbocycles. The first-order valence-electron chi connectivity index (χ1n) is 8.32. The van der Waals surface area contributed by atoms with E-state index < -0.39 is 0 Å². The van der Waals surface area contributed by atoms with Gasteiger partial charge in [0.2, 0.25) is 5.91 Å². The van der Waals surface area contributed by atoms with Crippen LogP contribution < -0.4 is 5.32 Å². The van der Waals surface area contributed by atoms with Crippen LogP contribution in [0.15, 0.2) is 51.7 Å². The van der Waals surface area contributed by atoms with Gasteiger partial charge in [-0.25, -0.2) is 0 Å². The van der Waals surface area contributed by atoms with E-state index in [1.54, 1.807) is 0 Å². The van der Waals surface area contributed by atoms with E-state index in [1.165, 1.54) is 10.9 Å². The number of hydrogen-bond donors (Lipinski definition) is 2. The normalized spacial score (nSPS) is 12.6. The summed E-state index contributed by atoms with van der Waals surface area (Å²) < 4.78 is 6.20. The first-order valence-corrected chi connectivity index (χ1v) is 9.11. The van der Waals surface area contributed by atoms with Gasteiger partial charge >= 0.3 is 0 Å². The van der Waals surface area contributed by atoms with Crippen LogP contribution in [0.2, 0.25) is 0 Å². The highest BCUT2D eigenvalue weighted by Crippen LogP contribution is 2.18. The number of rotatable bonds is 7. The predicted octanol–water partition coefficient (Wildman–Crippen LogP) is 3.70. The third kappa shape index (κ3) is 4.32. The second kappa shape index (κ2) is 7.89. The molecule has 0 bridgehead atoms. The van der Waals surface area contributed by atoms with Gasteiger partial charge in [-0.05, 0) is 60.1 Å². The van der Waals surface area contributed by atoms with Crippen LogP contribution in [0.25, 0.3) is 10.9 Å². The molecule has 0 spiro atoms. The van der Waals surface area contributed by atoms with Gasteiger partial charge in [-0.15, -0.1) is 0 Å². The average Bonchev–Trinajstić information content (AvgIpc) is 3.20. The summed E-state index contributed by atoms with van der Waals surface area (Å²) in [5.74, 6) is 0.848. The lowest BCUT2D eigenvalue weighted by atomic mass is 10.1. The number of carbonyl (C=O) groups is 1. The molecule has 0 saturated heterocycles. The predicted molar refractivity (Wildman–Crippen MR) is 102 cm³/mol. The van der Waals surface area contributed by atoms with E-state index in [-0.39, 0.29) is 11.9 Å². The van der Waals surface area contributed by atoms with Crippen LogP contribution in [0.4, 0.5) is 0 Å². The molecule has 0 aliphatic carbocycles. The van der Waals surface area contributed by atoms with Gasteiger partial charge in [0.15, 0.2) is 4.67 Å². The molecule has 3 rings (SSSR count). The number of likely N-dealkylation sites (N-methyl/N-ethyl adjacent to an activating group) is 1. The van der Waals surface area contributed by atoms with E-state index in [9.17, 15) is 4.79 Å². The first kappa shape index (κ1) is 17.8. The molecular formula is C19H22BrN3O2. The smallest absolute Gasteiger partial charge is 0.237 e. The number of aromatic nitrogens is 1. The van der Waals surface area contributed by atoms with Crippen molar-refractivity contribution in [2.24, 2.45) is 0 Å². The lowest BCUT2D eigenvalue weighted by Gasteiger charge is -2.22. The van der Waals surface area contributed by atoms with Gasteiger partial charge in [-0.3, -0.25) is 9.69 Å². The van der Waals surface area contributed by atoms with Crippen molar-refractivity contribution >= 4 is 32.7 Å². The number of nitrogens with one attached hydrogen (secondary N) is 2. The van der Waals surface area contributed by atoms with Gasteiger partial charge in [0, 0.05) is 23.6 Å². The zero-order valence-corrected chi connectivity index (χ0v) is 16.0. The quantitative estimate of drug-likeness (QED) is 0.631. The van der Waals surface area contributed by atoms with Crippen molar-refractivity contribution in [1.29, 1.82) is 0 Å². The number of furan rings is 1. The standard InChI is InChI=1S/C19H22BrN3O2/c1-13(23(2)12-15-7-8-18(20)25-15)19(24)21-10-9-14-11-22-17-6-4-3-5-16(14)17/h3-8,11,13,22H,9-10,12H2,1-2H3,(H,21,24). The minimum absolute atomic E-state index is 0.0213. The Hall–Kier alpha value is -2.05. The lowest BCUT2D eigenvalue weighted by Crippen LogP contribution is -2.43. The van der Waals surface area contributed by atoms with Crippen LogP contribution in [-0.4, -0.2) is 35.4 Å². The lowest BCUT2D eigenvalue weighted by molar-refractivity contribution is -0.125. The zero-order valence-electron chi connectivity index (χ0n) is 14.4. The van der Waals surface area contributed by atoms with Crippen molar-refractivity contribution in [1.82, 2.24) is 15.2 Å². The van der Waals surface area contributed by atoms with Crippen molar-refractivity contribution in [2.45, 2.75) is 25.9 Å². The number of benzene rings is 1. The second-order valence-electron chi connectivity index (χ2n) is 6.20. The fourth-order valence-electron chi connectivity index (χ4n) is 2.83. The molecule has 2 aromatic heterocycles. The molecule has 1 atom stereocenters. The van der Waals surface area contributed by atoms with E-state index in [0.29, 0.717) is 17.8 Å². The highest BCUT2D eigenvalue weighted by atomic mass is 79.9. The maximum Gasteiger partial charge on any atom is 0.237 e. The minimum Gasteiger partial charge on any atom is -0.453 e. The highest BCUT2D eigenvalue weighted by Gasteiger charge is 2.19. The number of aromatic amines is 1. The molecule has 2 N–H and O–H groups in total. The average molecular weight is 404 g/mol. The zero-order chi connectivity index (χ0) is 17.8. The Morgan fingerprint density at radius 2 is 2.12 bits per heavy atom. The number of halogens is 1. The summed E-state index contributed by atoms with van der Waals surface area (Å²) in [6.07, 6.45) is 2.82. The molecule has 0 aliphatic heterocycles. The maximum absolute atomic E-state index is 12.4. The first-order chi connectivity index (χ1) is 12.0. The molecule has 0 radical (unpaired) electrons. The highest BCUT2D eigenvalue weighted by molar-refractivity contribution is 9.10. The van der Waals surface area contributed by atoms with E-state index in [0.717, 1.165) is 17.7 Å². The fraction of sp³-hybridized carbons (Fsp3) is 0.316. The second-order valence-corrected chi connectivity index (χ2v) is 6.98. The van der Waals surface area contributed by atoms with Gasteiger partial charge in [0.1, 0.15) is 5.76 Å². The van der Waals surface area contributed by atoms with Crippen molar-refractivity contribution < 1.29 is 9.21 Å². The summed E-state index contributed by atoms with van der Waals surface area (Å²) in [7, 11) is 1.92. The number of carbonyl (C=O) groups excluding carboxylic acids is 1. The molecule has 1 amide bonds. The Morgan fingerprint density at radius 3 is 2.88 bits per heavy atom. The van der Waals surface area contributed by atoms with Gasteiger partial charge in [-0.2, -0.15) is 0 Å². The number of para-hydroxylation sites is 1. The molecule has 132 valence electrons. The number of nitrogens with zero attached hydrogens (tertiary/aromatic N) is 1. The van der Waals surface area contributed by atoms with E-state index in [2.05, 4.69) is 38.4 Å². The van der Waals surface area contributed by atoms with Crippen molar-refractivity contribution in [2.75, 3.05) is 13.6 Å². The number of amides is 1. The topological polar surface area (TPSA) is 61.3 Å². The molecule has 3 aromatic rings. The van der Waals surface area contributed by atoms with Crippen molar-refractivity contribution in [3.05, 3.63) is 58.6 Å². The van der Waals surface area contributed by atoms with E-state index in [1.807, 2.05) is 49.3 Å². The van der Waals surface area contributed by atoms with Crippen LogP contribution in [0.5, 0.6) is 0 Å². The molecule has 1 unspecified atom stereocenters. The fourth-order valence-corrected chi connectivity index (χ4v) is 3.17. The number of fused-ring (bicyclic) bond motifs is 1. The van der Waals surface area contributed by atoms with Gasteiger partial charge in [0.25, 0.3) is 0 Å². The molecule has 1 aromatic carbocycles. The Bertz CT molecular complexity index is 855. The minimum atomic E-state index is -0.230. The van der Waals surface area contributed by atoms with Crippen LogP contribution in [0.3, 0.4) is 0 Å². The number of H-pyrrole nitrogens is 1. The number of hydrogen-bond acceptors (Lipinski definition) is 3. The summed E-state index contributed by atoms with van der Waals surface area (Å²) in [5, 5.41) is 4.24. The Kier molecular flexibility index (Phi) is 5.60. The molecule has 0 aliphatic rings. The van der Waals surface area contributed by atoms with Crippen LogP contribution in [0, 0.1) is 0 Å². The van der Waals surface area contributed by atoms with Gasteiger partial charge in [0.05, 0.1) is 12.6 Å². The van der Waals surface area contributed by atoms with E-state index >= 15 is 0 Å². The Labute approximate surface area is 155 Å². The van der Waals surface area contributed by atoms with Crippen LogP contribution >= 0.6 is 15.9 Å². The summed E-state index contributed by atoms with van der Waals surface area (Å²) in [6, 6.07) is 11.7. The SMILES string of the molecule is CC(C(=O)NCCc1c[nH]c2ccccc12)N(C)Cc1ccc(Br)o1. The molecule has 2 heterocycles. The van der Waals surface area contributed by atoms with Crippen molar-refractivity contribution in [3.63, 3.8) is 0 Å². The van der Waals surface area contributed by atoms with Crippen LogP contribution in [-0.2, 0) is 17.8 Å². The summed E-state index contributed by atoms with van der Waals surface area (Å²) in [5.41, 5.74) is 2.35. The molecule has 6 heteroatoms. The molecule has 0 fully saturated rings. The van der Waals surface area contributed by atoms with Gasteiger partial charge < -0.3 is 14.7 Å². The molecular weight excluding hydrogens is 382 g/mol. The van der Waals surface area contributed by atoms with Crippen LogP contribution in [0.1, 0.15) is 18.2 Å². The Balaban J connectivity index is 1.49. The largest absolute Gasteiger partial charge is 0.453 e. The monoisotopic (exact) mass is 403 g/mol. The van der Waals surface area contributed by atoms with Gasteiger partial charge in [-0.1, -0.05) is 18.2 Å². The van der Waals surface area contributed by atoms with E-state index in [4.69, 9.17) is 4.42 Å². The maximum atomic E-state index is 12.4. The third-order valence-corrected chi connectivity index (χ3v) is 4.87. The third-order valence-electron chi connectivity index (χ3n) is 4.44. The Morgan fingerprint density at radius 1 is 1.32 bits per heavy atom. The van der Waals surface area contributed by atoms with Crippen molar-refractivity contribution in [3.8, 4) is 0 Å². The molecule has 25 heavy (non-hydrogen) atoms. The summed E-state index contributed by atoms with van der Waals surface area (Å²) in [4.78, 5) is 17.6. The summed E-state index contributed by atoms with van der Waals surface area (Å²) >= 11 is 3.29. The molecule has 5 nitrogen and oxygen atoms in total.